The quantitative estimate of drug-likeness (QED) is 0.198. The molecule has 4 fully saturated rings. The van der Waals surface area contributed by atoms with E-state index in [0.717, 1.165) is 44.9 Å². The Morgan fingerprint density at radius 1 is 0.911 bits per heavy atom. The first-order valence-electron chi connectivity index (χ1n) is 17.5. The van der Waals surface area contributed by atoms with Crippen LogP contribution in [-0.4, -0.2) is 97.0 Å². The Balaban J connectivity index is 1.33. The second-order valence-electron chi connectivity index (χ2n) is 17.4. The zero-order valence-electron chi connectivity index (χ0n) is 28.8. The van der Waals surface area contributed by atoms with E-state index in [4.69, 9.17) is 9.47 Å². The van der Waals surface area contributed by atoms with Crippen molar-refractivity contribution in [3.8, 4) is 0 Å². The maximum atomic E-state index is 12.1. The van der Waals surface area contributed by atoms with Gasteiger partial charge in [0.25, 0.3) is 0 Å². The number of ether oxygens (including phenoxy) is 2. The van der Waals surface area contributed by atoms with Crippen LogP contribution in [0.4, 0.5) is 0 Å². The van der Waals surface area contributed by atoms with Crippen LogP contribution in [0.5, 0.6) is 0 Å². The fraction of sp³-hybridized carbons (Fsp3) is 0.944. The molecule has 5 rings (SSSR count). The molecule has 0 amide bonds. The van der Waals surface area contributed by atoms with Crippen LogP contribution in [0, 0.1) is 45.3 Å². The summed E-state index contributed by atoms with van der Waals surface area (Å²) in [5, 5.41) is 74.7. The molecule has 9 heteroatoms. The van der Waals surface area contributed by atoms with E-state index in [1.54, 1.807) is 13.8 Å². The van der Waals surface area contributed by atoms with Crippen molar-refractivity contribution in [3.05, 3.63) is 11.6 Å². The van der Waals surface area contributed by atoms with E-state index in [0.29, 0.717) is 18.3 Å². The minimum absolute atomic E-state index is 0.0463. The summed E-state index contributed by atoms with van der Waals surface area (Å²) < 4.78 is 11.7. The molecule has 260 valence electrons. The first kappa shape index (κ1) is 35.7. The van der Waals surface area contributed by atoms with E-state index in [-0.39, 0.29) is 39.6 Å². The highest BCUT2D eigenvalue weighted by Crippen LogP contribution is 2.75. The highest BCUT2D eigenvalue weighted by atomic mass is 16.7. The van der Waals surface area contributed by atoms with Gasteiger partial charge >= 0.3 is 0 Å². The predicted octanol–water partition coefficient (Wildman–Crippen LogP) is 3.30. The van der Waals surface area contributed by atoms with Gasteiger partial charge in [-0.15, -0.1) is 0 Å². The molecule has 5 aliphatic rings. The number of aliphatic hydroxyl groups excluding tert-OH is 6. The Kier molecular flexibility index (Phi) is 9.56. The van der Waals surface area contributed by atoms with Crippen LogP contribution in [0.1, 0.15) is 107 Å². The normalized spacial score (nSPS) is 49.4. The predicted molar refractivity (Wildman–Crippen MR) is 170 cm³/mol. The molecule has 1 aliphatic heterocycles. The molecule has 15 atom stereocenters. The summed E-state index contributed by atoms with van der Waals surface area (Å²) >= 11 is 0. The lowest BCUT2D eigenvalue weighted by Gasteiger charge is -2.67. The lowest BCUT2D eigenvalue weighted by Crippen LogP contribution is -2.64. The van der Waals surface area contributed by atoms with Crippen molar-refractivity contribution in [1.29, 1.82) is 0 Å². The van der Waals surface area contributed by atoms with Crippen LogP contribution in [-0.2, 0) is 9.47 Å². The molecule has 0 aromatic rings. The van der Waals surface area contributed by atoms with Gasteiger partial charge in [0.1, 0.15) is 24.4 Å². The van der Waals surface area contributed by atoms with Gasteiger partial charge in [-0.2, -0.15) is 0 Å². The average molecular weight is 639 g/mol. The van der Waals surface area contributed by atoms with Crippen molar-refractivity contribution in [1.82, 2.24) is 0 Å². The summed E-state index contributed by atoms with van der Waals surface area (Å²) in [6.45, 7) is 16.5. The smallest absolute Gasteiger partial charge is 0.187 e. The first-order chi connectivity index (χ1) is 20.7. The van der Waals surface area contributed by atoms with Gasteiger partial charge in [0, 0.05) is 10.8 Å². The van der Waals surface area contributed by atoms with Crippen molar-refractivity contribution >= 4 is 0 Å². The summed E-state index contributed by atoms with van der Waals surface area (Å²) in [7, 11) is 0. The maximum absolute atomic E-state index is 12.1. The monoisotopic (exact) mass is 638 g/mol. The van der Waals surface area contributed by atoms with Crippen molar-refractivity contribution < 1.29 is 45.2 Å². The van der Waals surface area contributed by atoms with Crippen LogP contribution < -0.4 is 0 Å². The van der Waals surface area contributed by atoms with Crippen LogP contribution in [0.15, 0.2) is 11.6 Å². The highest BCUT2D eigenvalue weighted by Gasteiger charge is 2.70. The maximum Gasteiger partial charge on any atom is 0.187 e. The number of fused-ring (bicyclic) bond motifs is 5. The van der Waals surface area contributed by atoms with E-state index in [1.807, 2.05) is 0 Å². The Morgan fingerprint density at radius 3 is 2.20 bits per heavy atom. The molecular weight excluding hydrogens is 576 g/mol. The fourth-order valence-corrected chi connectivity index (χ4v) is 11.2. The third kappa shape index (κ3) is 5.48. The van der Waals surface area contributed by atoms with Crippen LogP contribution in [0.25, 0.3) is 0 Å². The second kappa shape index (κ2) is 12.1. The lowest BCUT2D eigenvalue weighted by atomic mass is 9.38. The molecule has 4 aliphatic carbocycles. The summed E-state index contributed by atoms with van der Waals surface area (Å²) in [6.07, 6.45) is 0.736. The molecule has 3 saturated carbocycles. The molecule has 45 heavy (non-hydrogen) atoms. The van der Waals surface area contributed by atoms with E-state index in [1.165, 1.54) is 5.57 Å². The van der Waals surface area contributed by atoms with Crippen molar-refractivity contribution in [3.63, 3.8) is 0 Å². The van der Waals surface area contributed by atoms with Gasteiger partial charge in [-0.1, -0.05) is 53.2 Å². The molecule has 0 spiro atoms. The number of aliphatic hydroxyl groups is 7. The zero-order valence-corrected chi connectivity index (χ0v) is 28.8. The Labute approximate surface area is 270 Å². The molecule has 1 heterocycles. The van der Waals surface area contributed by atoms with Crippen molar-refractivity contribution in [2.45, 2.75) is 161 Å². The van der Waals surface area contributed by atoms with E-state index in [2.05, 4.69) is 47.6 Å². The number of allylic oxidation sites excluding steroid dienone is 1. The second-order valence-corrected chi connectivity index (χ2v) is 17.4. The topological polar surface area (TPSA) is 160 Å². The molecule has 7 N–H and O–H groups in total. The molecule has 0 radical (unpaired) electrons. The number of hydrogen-bond acceptors (Lipinski definition) is 9. The van der Waals surface area contributed by atoms with Gasteiger partial charge < -0.3 is 45.2 Å². The largest absolute Gasteiger partial charge is 0.394 e. The minimum atomic E-state index is -1.54. The van der Waals surface area contributed by atoms with Crippen LogP contribution in [0.2, 0.25) is 0 Å². The average Bonchev–Trinajstić information content (AvgIpc) is 3.22. The third-order valence-corrected chi connectivity index (χ3v) is 14.5. The number of rotatable bonds is 8. The Morgan fingerprint density at radius 2 is 1.58 bits per heavy atom. The fourth-order valence-electron chi connectivity index (χ4n) is 11.2. The number of hydrogen-bond donors (Lipinski definition) is 7. The standard InChI is InChI=1S/C36H62O9/c1-19(9-14-27(33(4,5)43)45-31-30(42)29(41)28(40)23(18-37)44-31)20-15-16-34(6)24-12-10-21-22(11-13-25(38)32(21,2)3)36(24,8)26(39)17-35(20,34)7/h10,19-20,22-31,37-43H,9,11-18H2,1-8H3/t19-,20-,22+,23-,24?,25-,26+,27-,28-,29+,30-,31+,34+,35-,36-/m0/s1. The molecule has 0 bridgehead atoms. The minimum Gasteiger partial charge on any atom is -0.394 e. The lowest BCUT2D eigenvalue weighted by molar-refractivity contribution is -0.322. The molecular formula is C36H62O9. The van der Waals surface area contributed by atoms with Gasteiger partial charge in [-0.3, -0.25) is 0 Å². The summed E-state index contributed by atoms with van der Waals surface area (Å²) in [6, 6.07) is 0. The molecule has 0 aromatic carbocycles. The van der Waals surface area contributed by atoms with Gasteiger partial charge in [-0.25, -0.2) is 0 Å². The molecule has 9 nitrogen and oxygen atoms in total. The first-order valence-corrected chi connectivity index (χ1v) is 17.5. The van der Waals surface area contributed by atoms with E-state index < -0.39 is 55.1 Å². The van der Waals surface area contributed by atoms with Gasteiger partial charge in [0.2, 0.25) is 0 Å². The Bertz CT molecular complexity index is 1100. The van der Waals surface area contributed by atoms with E-state index in [9.17, 15) is 35.7 Å². The SMILES string of the molecule is C[C@@H](CC[C@H](O[C@H]1O[C@@H](CO)[C@H](O)[C@@H](O)[C@@H]1O)C(C)(C)O)[C@@H]1CC[C@]2(C)C3CC=C4[C@@H](CC[C@H](O)C4(C)C)[C@]3(C)[C@H](O)C[C@@]12C. The van der Waals surface area contributed by atoms with Crippen molar-refractivity contribution in [2.24, 2.45) is 45.3 Å². The molecule has 0 aromatic heterocycles. The molecule has 1 saturated heterocycles. The van der Waals surface area contributed by atoms with Crippen molar-refractivity contribution in [2.75, 3.05) is 6.61 Å². The highest BCUT2D eigenvalue weighted by molar-refractivity contribution is 5.31. The van der Waals surface area contributed by atoms with Gasteiger partial charge in [-0.05, 0) is 99.7 Å². The van der Waals surface area contributed by atoms with Crippen LogP contribution >= 0.6 is 0 Å². The third-order valence-electron chi connectivity index (χ3n) is 14.5. The summed E-state index contributed by atoms with van der Waals surface area (Å²) in [5.74, 6) is 1.26. The van der Waals surface area contributed by atoms with Crippen LogP contribution in [0.3, 0.4) is 0 Å². The molecule has 1 unspecified atom stereocenters. The Hall–Kier alpha value is -0.620. The zero-order chi connectivity index (χ0) is 33.5. The summed E-state index contributed by atoms with van der Waals surface area (Å²) in [5.41, 5.74) is -0.481. The summed E-state index contributed by atoms with van der Waals surface area (Å²) in [4.78, 5) is 0. The van der Waals surface area contributed by atoms with Gasteiger partial charge in [0.15, 0.2) is 6.29 Å². The van der Waals surface area contributed by atoms with E-state index >= 15 is 0 Å². The van der Waals surface area contributed by atoms with Gasteiger partial charge in [0.05, 0.1) is 30.5 Å².